The van der Waals surface area contributed by atoms with Crippen molar-refractivity contribution in [3.05, 3.63) is 29.8 Å². The summed E-state index contributed by atoms with van der Waals surface area (Å²) < 4.78 is 45.7. The van der Waals surface area contributed by atoms with E-state index in [4.69, 9.17) is 4.74 Å². The third-order valence-electron chi connectivity index (χ3n) is 4.04. The summed E-state index contributed by atoms with van der Waals surface area (Å²) >= 11 is 0. The van der Waals surface area contributed by atoms with Gasteiger partial charge in [0.05, 0.1) is 5.60 Å². The molecule has 1 fully saturated rings. The number of benzene rings is 1. The maximum atomic E-state index is 12.2. The van der Waals surface area contributed by atoms with Crippen LogP contribution in [0.1, 0.15) is 39.2 Å². The summed E-state index contributed by atoms with van der Waals surface area (Å²) in [7, 11) is 0. The number of likely N-dealkylation sites (tertiary alicyclic amines) is 1. The molecule has 2 rings (SSSR count). The van der Waals surface area contributed by atoms with Crippen molar-refractivity contribution in [3.63, 3.8) is 0 Å². The summed E-state index contributed by atoms with van der Waals surface area (Å²) in [5.74, 6) is -0.298. The fourth-order valence-corrected chi connectivity index (χ4v) is 2.80. The summed E-state index contributed by atoms with van der Waals surface area (Å²) in [5.41, 5.74) is -0.886. The van der Waals surface area contributed by atoms with E-state index in [1.165, 1.54) is 24.3 Å². The Labute approximate surface area is 150 Å². The third kappa shape index (κ3) is 6.40. The Balaban J connectivity index is 1.90. The van der Waals surface area contributed by atoms with Crippen LogP contribution < -0.4 is 4.74 Å². The van der Waals surface area contributed by atoms with Crippen molar-refractivity contribution >= 4 is 6.09 Å². The molecule has 0 bridgehead atoms. The Kier molecular flexibility index (Phi) is 5.75. The van der Waals surface area contributed by atoms with Crippen molar-refractivity contribution < 1.29 is 32.5 Å². The fourth-order valence-electron chi connectivity index (χ4n) is 2.80. The molecule has 1 aromatic carbocycles. The summed E-state index contributed by atoms with van der Waals surface area (Å²) in [4.78, 5) is 13.6. The Bertz CT molecular complexity index is 615. The molecule has 1 saturated heterocycles. The zero-order chi connectivity index (χ0) is 19.6. The SMILES string of the molecule is CC(C)(C)OC(=O)N1CCC(O)(Cc2ccc(OC(F)(F)F)cc2)CC1. The van der Waals surface area contributed by atoms with Gasteiger partial charge in [0.1, 0.15) is 11.4 Å². The Morgan fingerprint density at radius 1 is 1.15 bits per heavy atom. The lowest BCUT2D eigenvalue weighted by molar-refractivity contribution is -0.274. The van der Waals surface area contributed by atoms with Crippen LogP contribution in [0.25, 0.3) is 0 Å². The number of amides is 1. The molecule has 1 heterocycles. The highest BCUT2D eigenvalue weighted by atomic mass is 19.4. The minimum absolute atomic E-state index is 0.293. The second kappa shape index (κ2) is 7.34. The quantitative estimate of drug-likeness (QED) is 0.871. The topological polar surface area (TPSA) is 59.0 Å². The smallest absolute Gasteiger partial charge is 0.444 e. The van der Waals surface area contributed by atoms with E-state index in [2.05, 4.69) is 4.74 Å². The molecular formula is C18H24F3NO4. The predicted molar refractivity (Wildman–Crippen MR) is 88.8 cm³/mol. The van der Waals surface area contributed by atoms with Crippen LogP contribution in [0.15, 0.2) is 24.3 Å². The molecule has 8 heteroatoms. The van der Waals surface area contributed by atoms with Gasteiger partial charge in [0.25, 0.3) is 0 Å². The molecule has 0 unspecified atom stereocenters. The monoisotopic (exact) mass is 375 g/mol. The van der Waals surface area contributed by atoms with Crippen LogP contribution in [0, 0.1) is 0 Å². The van der Waals surface area contributed by atoms with Crippen LogP contribution in [-0.2, 0) is 11.2 Å². The van der Waals surface area contributed by atoms with E-state index in [-0.39, 0.29) is 5.75 Å². The van der Waals surface area contributed by atoms with E-state index in [1.54, 1.807) is 25.7 Å². The summed E-state index contributed by atoms with van der Waals surface area (Å²) in [5, 5.41) is 10.7. The van der Waals surface area contributed by atoms with Crippen LogP contribution in [0.2, 0.25) is 0 Å². The molecular weight excluding hydrogens is 351 g/mol. The van der Waals surface area contributed by atoms with Gasteiger partial charge in [-0.05, 0) is 51.3 Å². The molecule has 1 aliphatic heterocycles. The van der Waals surface area contributed by atoms with Gasteiger partial charge in [-0.3, -0.25) is 0 Å². The van der Waals surface area contributed by atoms with Gasteiger partial charge < -0.3 is 19.5 Å². The highest BCUT2D eigenvalue weighted by Crippen LogP contribution is 2.29. The number of piperidine rings is 1. The average molecular weight is 375 g/mol. The first-order valence-corrected chi connectivity index (χ1v) is 8.40. The van der Waals surface area contributed by atoms with Gasteiger partial charge in [-0.25, -0.2) is 4.79 Å². The fraction of sp³-hybridized carbons (Fsp3) is 0.611. The van der Waals surface area contributed by atoms with E-state index in [0.717, 1.165) is 0 Å². The third-order valence-corrected chi connectivity index (χ3v) is 4.04. The molecule has 0 saturated carbocycles. The van der Waals surface area contributed by atoms with Crippen molar-refractivity contribution in [2.75, 3.05) is 13.1 Å². The number of carbonyl (C=O) groups excluding carboxylic acids is 1. The molecule has 0 radical (unpaired) electrons. The number of nitrogens with zero attached hydrogens (tertiary/aromatic N) is 1. The Morgan fingerprint density at radius 2 is 1.69 bits per heavy atom. The van der Waals surface area contributed by atoms with Gasteiger partial charge in [0.15, 0.2) is 0 Å². The minimum Gasteiger partial charge on any atom is -0.444 e. The highest BCUT2D eigenvalue weighted by molar-refractivity contribution is 5.68. The van der Waals surface area contributed by atoms with Crippen LogP contribution in [0.5, 0.6) is 5.75 Å². The lowest BCUT2D eigenvalue weighted by Gasteiger charge is -2.38. The Hall–Kier alpha value is -1.96. The van der Waals surface area contributed by atoms with Crippen molar-refractivity contribution in [1.82, 2.24) is 4.90 Å². The van der Waals surface area contributed by atoms with Crippen molar-refractivity contribution in [2.45, 2.75) is 57.6 Å². The van der Waals surface area contributed by atoms with Crippen LogP contribution in [0.4, 0.5) is 18.0 Å². The highest BCUT2D eigenvalue weighted by Gasteiger charge is 2.35. The van der Waals surface area contributed by atoms with Gasteiger partial charge in [0.2, 0.25) is 0 Å². The predicted octanol–water partition coefficient (Wildman–Crippen LogP) is 3.89. The molecule has 1 aromatic rings. The molecule has 1 N–H and O–H groups in total. The number of carbonyl (C=O) groups is 1. The normalized spacial score (nSPS) is 17.7. The minimum atomic E-state index is -4.73. The lowest BCUT2D eigenvalue weighted by Crippen LogP contribution is -2.49. The number of alkyl halides is 3. The standard InChI is InChI=1S/C18H24F3NO4/c1-16(2,3)26-15(23)22-10-8-17(24,9-11-22)12-13-4-6-14(7-5-13)25-18(19,20)21/h4-7,24H,8-12H2,1-3H3. The van der Waals surface area contributed by atoms with E-state index in [1.807, 2.05) is 0 Å². The molecule has 146 valence electrons. The lowest BCUT2D eigenvalue weighted by atomic mass is 9.85. The van der Waals surface area contributed by atoms with Crippen molar-refractivity contribution in [3.8, 4) is 5.75 Å². The van der Waals surface area contributed by atoms with E-state index in [0.29, 0.717) is 37.9 Å². The van der Waals surface area contributed by atoms with E-state index >= 15 is 0 Å². The first-order valence-electron chi connectivity index (χ1n) is 8.40. The number of halogens is 3. The van der Waals surface area contributed by atoms with Crippen LogP contribution >= 0.6 is 0 Å². The van der Waals surface area contributed by atoms with Gasteiger partial charge >= 0.3 is 12.5 Å². The molecule has 1 amide bonds. The molecule has 5 nitrogen and oxygen atoms in total. The van der Waals surface area contributed by atoms with Crippen LogP contribution in [-0.4, -0.2) is 46.8 Å². The average Bonchev–Trinajstić information content (AvgIpc) is 2.46. The largest absolute Gasteiger partial charge is 0.573 e. The first kappa shape index (κ1) is 20.4. The first-order chi connectivity index (χ1) is 11.9. The number of ether oxygens (including phenoxy) is 2. The van der Waals surface area contributed by atoms with Gasteiger partial charge in [0, 0.05) is 19.5 Å². The second-order valence-electron chi connectivity index (χ2n) is 7.56. The molecule has 1 aliphatic rings. The Morgan fingerprint density at radius 3 is 2.15 bits per heavy atom. The summed E-state index contributed by atoms with van der Waals surface area (Å²) in [6.45, 7) is 6.09. The second-order valence-corrected chi connectivity index (χ2v) is 7.56. The van der Waals surface area contributed by atoms with Gasteiger partial charge in [-0.15, -0.1) is 13.2 Å². The molecule has 0 atom stereocenters. The van der Waals surface area contributed by atoms with E-state index in [9.17, 15) is 23.1 Å². The van der Waals surface area contributed by atoms with Gasteiger partial charge in [-0.1, -0.05) is 12.1 Å². The maximum Gasteiger partial charge on any atom is 0.573 e. The maximum absolute atomic E-state index is 12.2. The molecule has 0 aromatic heterocycles. The number of aliphatic hydroxyl groups is 1. The van der Waals surface area contributed by atoms with E-state index < -0.39 is 23.7 Å². The number of hydrogen-bond donors (Lipinski definition) is 1. The summed E-state index contributed by atoms with van der Waals surface area (Å²) in [6.07, 6.45) is -4.11. The summed E-state index contributed by atoms with van der Waals surface area (Å²) in [6, 6.07) is 5.45. The number of hydrogen-bond acceptors (Lipinski definition) is 4. The van der Waals surface area contributed by atoms with Crippen molar-refractivity contribution in [1.29, 1.82) is 0 Å². The van der Waals surface area contributed by atoms with Gasteiger partial charge in [-0.2, -0.15) is 0 Å². The molecule has 0 aliphatic carbocycles. The molecule has 26 heavy (non-hydrogen) atoms. The number of rotatable bonds is 3. The van der Waals surface area contributed by atoms with Crippen LogP contribution in [0.3, 0.4) is 0 Å². The zero-order valence-electron chi connectivity index (χ0n) is 15.1. The molecule has 0 spiro atoms. The zero-order valence-corrected chi connectivity index (χ0v) is 15.1. The van der Waals surface area contributed by atoms with Crippen molar-refractivity contribution in [2.24, 2.45) is 0 Å².